The molecule has 0 saturated carbocycles. The van der Waals surface area contributed by atoms with Crippen LogP contribution in [0.25, 0.3) is 0 Å². The maximum Gasteiger partial charge on any atom is 0.274 e. The molecule has 0 radical (unpaired) electrons. The number of nitriles is 1. The number of benzene rings is 1. The highest BCUT2D eigenvalue weighted by Crippen LogP contribution is 2.19. The molecule has 32 heavy (non-hydrogen) atoms. The highest BCUT2D eigenvalue weighted by atomic mass is 35.5. The third kappa shape index (κ3) is 4.79. The zero-order valence-corrected chi connectivity index (χ0v) is 18.1. The summed E-state index contributed by atoms with van der Waals surface area (Å²) in [4.78, 5) is 33.6. The number of pyridine rings is 1. The number of rotatable bonds is 7. The number of aromatic nitrogens is 3. The second kappa shape index (κ2) is 9.62. The standard InChI is InChI=1S/C23H21ClN6O2/c24-19-6-1-4-17(12-19)15-29-10-11-30-21(23(29)32)13-20(27-30)22(31)28(9-3-7-25)16-18-5-2-8-26-14-18/h1-2,4-6,8,12-14H,3,9-11,15-16H2. The van der Waals surface area contributed by atoms with E-state index < -0.39 is 0 Å². The maximum atomic E-state index is 13.2. The van der Waals surface area contributed by atoms with E-state index in [4.69, 9.17) is 16.9 Å². The van der Waals surface area contributed by atoms with Crippen LogP contribution in [-0.2, 0) is 19.6 Å². The van der Waals surface area contributed by atoms with E-state index in [1.54, 1.807) is 39.0 Å². The molecule has 1 aliphatic rings. The van der Waals surface area contributed by atoms with Crippen molar-refractivity contribution in [2.45, 2.75) is 26.1 Å². The summed E-state index contributed by atoms with van der Waals surface area (Å²) < 4.78 is 1.58. The second-order valence-corrected chi connectivity index (χ2v) is 7.93. The molecule has 3 aromatic rings. The second-order valence-electron chi connectivity index (χ2n) is 7.49. The summed E-state index contributed by atoms with van der Waals surface area (Å²) in [5.74, 6) is -0.501. The van der Waals surface area contributed by atoms with Gasteiger partial charge in [0, 0.05) is 49.7 Å². The van der Waals surface area contributed by atoms with Crippen LogP contribution in [0.15, 0.2) is 54.9 Å². The molecule has 0 N–H and O–H groups in total. The average Bonchev–Trinajstić information content (AvgIpc) is 3.24. The van der Waals surface area contributed by atoms with E-state index in [2.05, 4.69) is 16.2 Å². The molecule has 1 aliphatic heterocycles. The summed E-state index contributed by atoms with van der Waals surface area (Å²) >= 11 is 6.06. The molecule has 0 bridgehead atoms. The molecule has 0 atom stereocenters. The van der Waals surface area contributed by atoms with Gasteiger partial charge in [-0.3, -0.25) is 19.3 Å². The van der Waals surface area contributed by atoms with E-state index >= 15 is 0 Å². The van der Waals surface area contributed by atoms with Crippen molar-refractivity contribution in [2.24, 2.45) is 0 Å². The molecule has 162 valence electrons. The van der Waals surface area contributed by atoms with Crippen LogP contribution in [0.3, 0.4) is 0 Å². The molecule has 0 aliphatic carbocycles. The summed E-state index contributed by atoms with van der Waals surface area (Å²) in [5, 5.41) is 14.0. The number of halogens is 1. The van der Waals surface area contributed by atoms with Crippen molar-refractivity contribution in [2.75, 3.05) is 13.1 Å². The van der Waals surface area contributed by atoms with Crippen LogP contribution in [0.4, 0.5) is 0 Å². The zero-order chi connectivity index (χ0) is 22.5. The molecule has 1 aromatic carbocycles. The molecule has 0 fully saturated rings. The number of nitrogens with zero attached hydrogens (tertiary/aromatic N) is 6. The van der Waals surface area contributed by atoms with E-state index in [9.17, 15) is 9.59 Å². The van der Waals surface area contributed by atoms with Gasteiger partial charge in [-0.2, -0.15) is 10.4 Å². The molecule has 8 nitrogen and oxygen atoms in total. The van der Waals surface area contributed by atoms with Gasteiger partial charge in [0.25, 0.3) is 11.8 Å². The number of carbonyl (C=O) groups is 2. The smallest absolute Gasteiger partial charge is 0.274 e. The van der Waals surface area contributed by atoms with Crippen LogP contribution in [0, 0.1) is 11.3 Å². The first-order valence-corrected chi connectivity index (χ1v) is 10.6. The zero-order valence-electron chi connectivity index (χ0n) is 17.3. The monoisotopic (exact) mass is 448 g/mol. The number of hydrogen-bond acceptors (Lipinski definition) is 5. The topological polar surface area (TPSA) is 95.1 Å². The van der Waals surface area contributed by atoms with Crippen molar-refractivity contribution in [1.29, 1.82) is 5.26 Å². The largest absolute Gasteiger partial charge is 0.332 e. The lowest BCUT2D eigenvalue weighted by atomic mass is 10.2. The molecule has 4 rings (SSSR count). The Morgan fingerprint density at radius 2 is 2.03 bits per heavy atom. The Morgan fingerprint density at radius 3 is 2.78 bits per heavy atom. The lowest BCUT2D eigenvalue weighted by molar-refractivity contribution is 0.0680. The Bertz CT molecular complexity index is 1170. The summed E-state index contributed by atoms with van der Waals surface area (Å²) in [6.45, 7) is 1.99. The normalized spacial score (nSPS) is 12.9. The Hall–Kier alpha value is -3.70. The summed E-state index contributed by atoms with van der Waals surface area (Å²) in [7, 11) is 0. The van der Waals surface area contributed by atoms with Gasteiger partial charge in [0.1, 0.15) is 5.69 Å². The Labute approximate surface area is 190 Å². The van der Waals surface area contributed by atoms with E-state index in [0.29, 0.717) is 36.9 Å². The molecule has 2 amide bonds. The molecular weight excluding hydrogens is 428 g/mol. The van der Waals surface area contributed by atoms with E-state index in [0.717, 1.165) is 11.1 Å². The van der Waals surface area contributed by atoms with Gasteiger partial charge in [-0.25, -0.2) is 0 Å². The number of fused-ring (bicyclic) bond motifs is 1. The van der Waals surface area contributed by atoms with Crippen molar-refractivity contribution in [3.8, 4) is 6.07 Å². The van der Waals surface area contributed by atoms with Crippen molar-refractivity contribution in [1.82, 2.24) is 24.6 Å². The van der Waals surface area contributed by atoms with Crippen molar-refractivity contribution in [3.05, 3.63) is 82.4 Å². The predicted molar refractivity (Wildman–Crippen MR) is 118 cm³/mol. The molecule has 9 heteroatoms. The minimum absolute atomic E-state index is 0.182. The number of hydrogen-bond donors (Lipinski definition) is 0. The summed E-state index contributed by atoms with van der Waals surface area (Å²) in [6, 6.07) is 14.7. The molecule has 3 heterocycles. The van der Waals surface area contributed by atoms with Gasteiger partial charge >= 0.3 is 0 Å². The maximum absolute atomic E-state index is 13.2. The van der Waals surface area contributed by atoms with Gasteiger partial charge in [-0.15, -0.1) is 0 Å². The van der Waals surface area contributed by atoms with E-state index in [-0.39, 0.29) is 30.5 Å². The third-order valence-corrected chi connectivity index (χ3v) is 5.46. The Morgan fingerprint density at radius 1 is 1.19 bits per heavy atom. The van der Waals surface area contributed by atoms with Gasteiger partial charge < -0.3 is 9.80 Å². The predicted octanol–water partition coefficient (Wildman–Crippen LogP) is 3.14. The molecule has 0 unspecified atom stereocenters. The van der Waals surface area contributed by atoms with Crippen LogP contribution < -0.4 is 0 Å². The molecular formula is C23H21ClN6O2. The minimum Gasteiger partial charge on any atom is -0.332 e. The Balaban J connectivity index is 1.52. The van der Waals surface area contributed by atoms with Gasteiger partial charge in [0.15, 0.2) is 5.69 Å². The van der Waals surface area contributed by atoms with Gasteiger partial charge in [-0.05, 0) is 29.3 Å². The molecule has 0 saturated heterocycles. The average molecular weight is 449 g/mol. The number of carbonyl (C=O) groups excluding carboxylic acids is 2. The summed E-state index contributed by atoms with van der Waals surface area (Å²) in [6.07, 6.45) is 3.54. The third-order valence-electron chi connectivity index (χ3n) is 5.23. The van der Waals surface area contributed by atoms with Crippen molar-refractivity contribution < 1.29 is 9.59 Å². The van der Waals surface area contributed by atoms with Crippen LogP contribution in [0.1, 0.15) is 38.5 Å². The lowest BCUT2D eigenvalue weighted by Gasteiger charge is -2.27. The van der Waals surface area contributed by atoms with E-state index in [1.807, 2.05) is 24.3 Å². The molecule has 2 aromatic heterocycles. The van der Waals surface area contributed by atoms with Crippen molar-refractivity contribution in [3.63, 3.8) is 0 Å². The summed E-state index contributed by atoms with van der Waals surface area (Å²) in [5.41, 5.74) is 2.36. The Kier molecular flexibility index (Phi) is 6.47. The minimum atomic E-state index is -0.319. The quantitative estimate of drug-likeness (QED) is 0.553. The highest BCUT2D eigenvalue weighted by molar-refractivity contribution is 6.30. The lowest BCUT2D eigenvalue weighted by Crippen LogP contribution is -2.39. The SMILES string of the molecule is N#CCCN(Cc1cccnc1)C(=O)c1cc2n(n1)CCN(Cc1cccc(Cl)c1)C2=O. The first-order valence-electron chi connectivity index (χ1n) is 10.2. The van der Waals surface area contributed by atoms with Crippen LogP contribution in [-0.4, -0.2) is 49.5 Å². The first kappa shape index (κ1) is 21.5. The van der Waals surface area contributed by atoms with Crippen LogP contribution >= 0.6 is 11.6 Å². The van der Waals surface area contributed by atoms with Crippen LogP contribution in [0.2, 0.25) is 5.02 Å². The highest BCUT2D eigenvalue weighted by Gasteiger charge is 2.29. The van der Waals surface area contributed by atoms with Crippen LogP contribution in [0.5, 0.6) is 0 Å². The van der Waals surface area contributed by atoms with Gasteiger partial charge in [-0.1, -0.05) is 29.8 Å². The fraction of sp³-hybridized carbons (Fsp3) is 0.261. The first-order chi connectivity index (χ1) is 15.5. The molecule has 0 spiro atoms. The van der Waals surface area contributed by atoms with Gasteiger partial charge in [0.2, 0.25) is 0 Å². The fourth-order valence-corrected chi connectivity index (χ4v) is 3.87. The van der Waals surface area contributed by atoms with E-state index in [1.165, 1.54) is 6.07 Å². The van der Waals surface area contributed by atoms with Gasteiger partial charge in [0.05, 0.1) is 19.0 Å². The van der Waals surface area contributed by atoms with Crippen molar-refractivity contribution >= 4 is 23.4 Å². The number of amides is 2. The fourth-order valence-electron chi connectivity index (χ4n) is 3.66.